The van der Waals surface area contributed by atoms with Gasteiger partial charge >= 0.3 is 0 Å². The van der Waals surface area contributed by atoms with Gasteiger partial charge in [0.25, 0.3) is 6.71 Å². The molecule has 0 spiro atoms. The fraction of sp³-hybridized carbons (Fsp3) is 0.0800. The van der Waals surface area contributed by atoms with E-state index < -0.39 is 0 Å². The van der Waals surface area contributed by atoms with Crippen molar-refractivity contribution in [1.29, 1.82) is 0 Å². The van der Waals surface area contributed by atoms with Crippen LogP contribution in [-0.2, 0) is 5.41 Å². The Kier molecular flexibility index (Phi) is 7.48. The highest BCUT2D eigenvalue weighted by molar-refractivity contribution is 7.00. The van der Waals surface area contributed by atoms with Crippen LogP contribution in [0.15, 0.2) is 182 Å². The molecule has 8 aromatic rings. The molecule has 10 rings (SSSR count). The first-order valence-corrected chi connectivity index (χ1v) is 18.8. The van der Waals surface area contributed by atoms with E-state index in [2.05, 4.69) is 213 Å². The third kappa shape index (κ3) is 5.21. The fourth-order valence-electron chi connectivity index (χ4n) is 8.46. The minimum absolute atomic E-state index is 0.0627. The van der Waals surface area contributed by atoms with Gasteiger partial charge < -0.3 is 14.5 Å². The number of hydrogen-bond acceptors (Lipinski definition) is 3. The molecule has 0 N–H and O–H groups in total. The molecule has 2 aliphatic rings. The molecule has 0 aliphatic carbocycles. The van der Waals surface area contributed by atoms with E-state index in [0.29, 0.717) is 0 Å². The Hall–Kier alpha value is -6.52. The van der Waals surface area contributed by atoms with Crippen molar-refractivity contribution < 1.29 is 4.74 Å². The van der Waals surface area contributed by atoms with Crippen LogP contribution >= 0.6 is 0 Å². The van der Waals surface area contributed by atoms with Crippen LogP contribution < -0.4 is 30.9 Å². The van der Waals surface area contributed by atoms with E-state index in [-0.39, 0.29) is 12.1 Å². The highest BCUT2D eigenvalue weighted by Gasteiger charge is 2.44. The zero-order valence-corrected chi connectivity index (χ0v) is 30.7. The minimum atomic E-state index is -0.101. The second-order valence-corrected chi connectivity index (χ2v) is 15.4. The molecule has 0 amide bonds. The van der Waals surface area contributed by atoms with Crippen molar-refractivity contribution in [3.63, 3.8) is 0 Å². The van der Waals surface area contributed by atoms with Crippen LogP contribution in [0.4, 0.5) is 34.1 Å². The maximum absolute atomic E-state index is 7.00. The zero-order valence-electron chi connectivity index (χ0n) is 30.7. The molecule has 258 valence electrons. The first kappa shape index (κ1) is 32.2. The number of ether oxygens (including phenoxy) is 1. The minimum Gasteiger partial charge on any atom is -0.458 e. The molecule has 0 aromatic heterocycles. The summed E-state index contributed by atoms with van der Waals surface area (Å²) in [5.74, 6) is 1.84. The molecule has 54 heavy (non-hydrogen) atoms. The third-order valence-corrected chi connectivity index (χ3v) is 11.0. The fourth-order valence-corrected chi connectivity index (χ4v) is 8.46. The number of rotatable bonds is 5. The molecule has 2 aliphatic heterocycles. The molecule has 0 radical (unpaired) electrons. The van der Waals surface area contributed by atoms with Crippen LogP contribution in [-0.4, -0.2) is 6.71 Å². The Balaban J connectivity index is 1.34. The Morgan fingerprint density at radius 2 is 1.07 bits per heavy atom. The number of benzene rings is 8. The van der Waals surface area contributed by atoms with Gasteiger partial charge in [0, 0.05) is 33.8 Å². The van der Waals surface area contributed by atoms with Crippen LogP contribution in [0.5, 0.6) is 11.5 Å². The Morgan fingerprint density at radius 3 is 1.72 bits per heavy atom. The zero-order chi connectivity index (χ0) is 36.4. The van der Waals surface area contributed by atoms with Gasteiger partial charge in [-0.3, -0.25) is 0 Å². The maximum Gasteiger partial charge on any atom is 0.257 e. The molecule has 0 bridgehead atoms. The predicted octanol–water partition coefficient (Wildman–Crippen LogP) is 11.7. The lowest BCUT2D eigenvalue weighted by Gasteiger charge is -2.42. The van der Waals surface area contributed by atoms with E-state index in [4.69, 9.17) is 4.74 Å². The van der Waals surface area contributed by atoms with E-state index in [1.54, 1.807) is 0 Å². The van der Waals surface area contributed by atoms with Crippen molar-refractivity contribution in [2.24, 2.45) is 0 Å². The van der Waals surface area contributed by atoms with Gasteiger partial charge in [0.15, 0.2) is 0 Å². The van der Waals surface area contributed by atoms with Gasteiger partial charge in [-0.2, -0.15) is 0 Å². The molecular formula is C50H39BN2O. The molecule has 0 unspecified atom stereocenters. The second kappa shape index (κ2) is 12.6. The van der Waals surface area contributed by atoms with Gasteiger partial charge in [0.1, 0.15) is 11.5 Å². The smallest absolute Gasteiger partial charge is 0.257 e. The topological polar surface area (TPSA) is 15.7 Å². The van der Waals surface area contributed by atoms with E-state index in [0.717, 1.165) is 39.9 Å². The molecule has 2 heterocycles. The summed E-state index contributed by atoms with van der Waals surface area (Å²) in [5, 5.41) is 2.42. The molecule has 4 heteroatoms. The Bertz CT molecular complexity index is 2630. The summed E-state index contributed by atoms with van der Waals surface area (Å²) in [6, 6.07) is 65.8. The van der Waals surface area contributed by atoms with Crippen molar-refractivity contribution >= 4 is 68.0 Å². The number of fused-ring (bicyclic) bond motifs is 6. The molecule has 0 saturated heterocycles. The molecule has 8 aromatic carbocycles. The largest absolute Gasteiger partial charge is 0.458 e. The van der Waals surface area contributed by atoms with E-state index in [1.807, 2.05) is 0 Å². The summed E-state index contributed by atoms with van der Waals surface area (Å²) in [6.07, 6.45) is 0. The van der Waals surface area contributed by atoms with Crippen LogP contribution in [0, 0.1) is 0 Å². The standard InChI is InChI=1S/C50H39BN2O/c1-50(2,3)36-31-44-49-47(32-36)54-46-29-28-35(34-18-8-4-9-19-34)30-42(46)51(49)48-41-27-17-16-26-40(41)43(33-45(48)53(44)39-24-14-7-15-25-39)52(37-20-10-5-11-21-37)38-22-12-6-13-23-38/h4-33H,1-3H3. The normalized spacial score (nSPS) is 12.8. The molecule has 0 saturated carbocycles. The predicted molar refractivity (Wildman–Crippen MR) is 229 cm³/mol. The lowest BCUT2D eigenvalue weighted by molar-refractivity contribution is 0.483. The number of anilines is 6. The average molecular weight is 695 g/mol. The number of hydrogen-bond donors (Lipinski definition) is 0. The summed E-state index contributed by atoms with van der Waals surface area (Å²) in [6.45, 7) is 6.80. The average Bonchev–Trinajstić information content (AvgIpc) is 3.21. The third-order valence-electron chi connectivity index (χ3n) is 11.0. The van der Waals surface area contributed by atoms with Gasteiger partial charge in [-0.1, -0.05) is 142 Å². The lowest BCUT2D eigenvalue weighted by Crippen LogP contribution is -2.60. The Labute approximate surface area is 317 Å². The number of para-hydroxylation sites is 3. The molecule has 0 atom stereocenters. The summed E-state index contributed by atoms with van der Waals surface area (Å²) in [7, 11) is 0. The van der Waals surface area contributed by atoms with Gasteiger partial charge in [-0.25, -0.2) is 0 Å². The highest BCUT2D eigenvalue weighted by atomic mass is 16.5. The maximum atomic E-state index is 7.00. The summed E-state index contributed by atoms with van der Waals surface area (Å²) in [5.41, 5.74) is 14.0. The summed E-state index contributed by atoms with van der Waals surface area (Å²) < 4.78 is 7.00. The van der Waals surface area contributed by atoms with Crippen molar-refractivity contribution in [3.05, 3.63) is 188 Å². The molecular weight excluding hydrogens is 655 g/mol. The van der Waals surface area contributed by atoms with E-state index in [9.17, 15) is 0 Å². The molecule has 0 fully saturated rings. The summed E-state index contributed by atoms with van der Waals surface area (Å²) in [4.78, 5) is 4.89. The summed E-state index contributed by atoms with van der Waals surface area (Å²) >= 11 is 0. The first-order valence-electron chi connectivity index (χ1n) is 18.8. The quantitative estimate of drug-likeness (QED) is 0.167. The Morgan fingerprint density at radius 1 is 0.500 bits per heavy atom. The first-order chi connectivity index (χ1) is 26.4. The van der Waals surface area contributed by atoms with Gasteiger partial charge in [-0.05, 0) is 105 Å². The van der Waals surface area contributed by atoms with Crippen LogP contribution in [0.1, 0.15) is 26.3 Å². The van der Waals surface area contributed by atoms with E-state index >= 15 is 0 Å². The van der Waals surface area contributed by atoms with Crippen molar-refractivity contribution in [1.82, 2.24) is 0 Å². The van der Waals surface area contributed by atoms with Crippen molar-refractivity contribution in [2.45, 2.75) is 26.2 Å². The van der Waals surface area contributed by atoms with Crippen LogP contribution in [0.25, 0.3) is 21.9 Å². The molecule has 3 nitrogen and oxygen atoms in total. The monoisotopic (exact) mass is 694 g/mol. The second-order valence-electron chi connectivity index (χ2n) is 15.4. The lowest BCUT2D eigenvalue weighted by atomic mass is 9.33. The van der Waals surface area contributed by atoms with Crippen LogP contribution in [0.2, 0.25) is 0 Å². The van der Waals surface area contributed by atoms with E-state index in [1.165, 1.54) is 49.5 Å². The SMILES string of the molecule is CC(C)(C)c1cc2c3c(c1)N(c1ccccc1)c1cc(N(c4ccccc4)c4ccccc4)c4ccccc4c1B3c1cc(-c3ccccc3)ccc1O2. The van der Waals surface area contributed by atoms with Gasteiger partial charge in [0.05, 0.1) is 5.69 Å². The van der Waals surface area contributed by atoms with Gasteiger partial charge in [0.2, 0.25) is 0 Å². The number of nitrogens with zero attached hydrogens (tertiary/aromatic N) is 2. The highest BCUT2D eigenvalue weighted by Crippen LogP contribution is 2.48. The van der Waals surface area contributed by atoms with Crippen LogP contribution in [0.3, 0.4) is 0 Å². The van der Waals surface area contributed by atoms with Crippen molar-refractivity contribution in [3.8, 4) is 22.6 Å². The van der Waals surface area contributed by atoms with Gasteiger partial charge in [-0.15, -0.1) is 0 Å². The van der Waals surface area contributed by atoms with Crippen molar-refractivity contribution in [2.75, 3.05) is 9.80 Å².